The summed E-state index contributed by atoms with van der Waals surface area (Å²) in [7, 11) is -3.83. The third-order valence-electron chi connectivity index (χ3n) is 2.47. The molecule has 20 heavy (non-hydrogen) atoms. The number of nitrogens with one attached hydrogen (secondary N) is 2. The van der Waals surface area contributed by atoms with Gasteiger partial charge in [0, 0.05) is 18.0 Å². The molecule has 0 aliphatic rings. The van der Waals surface area contributed by atoms with Crippen molar-refractivity contribution in [3.63, 3.8) is 0 Å². The van der Waals surface area contributed by atoms with E-state index in [0.717, 1.165) is 22.8 Å². The van der Waals surface area contributed by atoms with Crippen LogP contribution in [0.2, 0.25) is 0 Å². The number of rotatable bonds is 6. The van der Waals surface area contributed by atoms with E-state index in [4.69, 9.17) is 5.11 Å². The maximum atomic E-state index is 12.0. The van der Waals surface area contributed by atoms with Crippen LogP contribution in [0.1, 0.15) is 12.6 Å². The summed E-state index contributed by atoms with van der Waals surface area (Å²) < 4.78 is 27.4. The van der Waals surface area contributed by atoms with Crippen molar-refractivity contribution in [1.29, 1.82) is 0 Å². The zero-order valence-electron chi connectivity index (χ0n) is 10.6. The van der Waals surface area contributed by atoms with Crippen LogP contribution in [-0.4, -0.2) is 39.5 Å². The van der Waals surface area contributed by atoms with E-state index in [9.17, 15) is 13.2 Å². The Morgan fingerprint density at radius 2 is 2.30 bits per heavy atom. The van der Waals surface area contributed by atoms with Crippen LogP contribution < -0.4 is 4.72 Å². The molecule has 0 amide bonds. The van der Waals surface area contributed by atoms with Crippen LogP contribution in [0.3, 0.4) is 0 Å². The molecular weight excluding hydrogens is 286 g/mol. The molecule has 0 saturated carbocycles. The largest absolute Gasteiger partial charge is 0.480 e. The Labute approximate surface area is 114 Å². The van der Waals surface area contributed by atoms with E-state index in [1.165, 1.54) is 0 Å². The van der Waals surface area contributed by atoms with Gasteiger partial charge >= 0.3 is 5.97 Å². The summed E-state index contributed by atoms with van der Waals surface area (Å²) in [6, 6.07) is 1.58. The molecule has 9 nitrogen and oxygen atoms in total. The van der Waals surface area contributed by atoms with Gasteiger partial charge in [-0.1, -0.05) is 6.92 Å². The maximum Gasteiger partial charge on any atom is 0.325 e. The summed E-state index contributed by atoms with van der Waals surface area (Å²) in [6.45, 7) is 1.50. The lowest BCUT2D eigenvalue weighted by atomic mass is 10.3. The summed E-state index contributed by atoms with van der Waals surface area (Å²) in [5, 5.41) is 18.8. The van der Waals surface area contributed by atoms with Crippen LogP contribution in [0.4, 0.5) is 5.82 Å². The lowest BCUT2D eigenvalue weighted by Gasteiger charge is -2.01. The highest BCUT2D eigenvalue weighted by Gasteiger charge is 2.18. The van der Waals surface area contributed by atoms with Gasteiger partial charge in [-0.25, -0.2) is 8.42 Å². The monoisotopic (exact) mass is 299 g/mol. The number of H-pyrrole nitrogens is 1. The Hall–Kier alpha value is -2.36. The first-order chi connectivity index (χ1) is 9.40. The molecule has 2 rings (SSSR count). The van der Waals surface area contributed by atoms with Gasteiger partial charge in [0.1, 0.15) is 11.4 Å². The molecule has 0 fully saturated rings. The van der Waals surface area contributed by atoms with Gasteiger partial charge in [-0.15, -0.1) is 0 Å². The number of hydrogen-bond donors (Lipinski definition) is 3. The van der Waals surface area contributed by atoms with Crippen molar-refractivity contribution >= 4 is 21.8 Å². The summed E-state index contributed by atoms with van der Waals surface area (Å²) >= 11 is 0. The van der Waals surface area contributed by atoms with Gasteiger partial charge in [0.05, 0.1) is 6.20 Å². The van der Waals surface area contributed by atoms with Gasteiger partial charge in [0.15, 0.2) is 5.82 Å². The van der Waals surface area contributed by atoms with Gasteiger partial charge in [-0.2, -0.15) is 10.2 Å². The molecule has 0 aromatic carbocycles. The Bertz CT molecular complexity index is 718. The topological polar surface area (TPSA) is 130 Å². The van der Waals surface area contributed by atoms with Crippen LogP contribution >= 0.6 is 0 Å². The zero-order valence-corrected chi connectivity index (χ0v) is 11.4. The lowest BCUT2D eigenvalue weighted by Crippen LogP contribution is -2.13. The van der Waals surface area contributed by atoms with Gasteiger partial charge in [0.2, 0.25) is 0 Å². The van der Waals surface area contributed by atoms with E-state index in [0.29, 0.717) is 6.42 Å². The minimum absolute atomic E-state index is 0.125. The van der Waals surface area contributed by atoms with Crippen molar-refractivity contribution in [1.82, 2.24) is 20.0 Å². The number of carboxylic acid groups (broad SMARTS) is 1. The van der Waals surface area contributed by atoms with Crippen molar-refractivity contribution in [3.8, 4) is 0 Å². The number of carboxylic acids is 1. The van der Waals surface area contributed by atoms with E-state index in [2.05, 4.69) is 20.0 Å². The molecule has 10 heteroatoms. The second-order valence-electron chi connectivity index (χ2n) is 4.00. The third kappa shape index (κ3) is 3.15. The van der Waals surface area contributed by atoms with Gasteiger partial charge in [0.25, 0.3) is 10.0 Å². The number of hydrogen-bond acceptors (Lipinski definition) is 5. The van der Waals surface area contributed by atoms with E-state index in [1.54, 1.807) is 6.07 Å². The van der Waals surface area contributed by atoms with Gasteiger partial charge in [-0.3, -0.25) is 19.3 Å². The smallest absolute Gasteiger partial charge is 0.325 e. The molecule has 0 saturated heterocycles. The fourth-order valence-corrected chi connectivity index (χ4v) is 2.44. The van der Waals surface area contributed by atoms with Crippen molar-refractivity contribution < 1.29 is 18.3 Å². The van der Waals surface area contributed by atoms with Crippen LogP contribution in [0, 0.1) is 0 Å². The quantitative estimate of drug-likeness (QED) is 0.691. The summed E-state index contributed by atoms with van der Waals surface area (Å²) in [6.07, 6.45) is 2.92. The molecular formula is C10H13N5O4S. The average Bonchev–Trinajstić information content (AvgIpc) is 2.97. The fourth-order valence-electron chi connectivity index (χ4n) is 1.50. The first-order valence-electron chi connectivity index (χ1n) is 5.72. The molecule has 0 atom stereocenters. The minimum Gasteiger partial charge on any atom is -0.480 e. The number of anilines is 1. The highest BCUT2D eigenvalue weighted by Crippen LogP contribution is 2.14. The highest BCUT2D eigenvalue weighted by atomic mass is 32.2. The first-order valence-corrected chi connectivity index (χ1v) is 7.20. The van der Waals surface area contributed by atoms with Crippen LogP contribution in [0.5, 0.6) is 0 Å². The molecule has 2 aromatic heterocycles. The Morgan fingerprint density at radius 1 is 1.55 bits per heavy atom. The minimum atomic E-state index is -3.83. The molecule has 2 heterocycles. The molecule has 0 radical (unpaired) electrons. The van der Waals surface area contributed by atoms with Crippen LogP contribution in [0.15, 0.2) is 23.4 Å². The van der Waals surface area contributed by atoms with E-state index >= 15 is 0 Å². The van der Waals surface area contributed by atoms with Crippen LogP contribution in [-0.2, 0) is 27.8 Å². The average molecular weight is 299 g/mol. The lowest BCUT2D eigenvalue weighted by molar-refractivity contribution is -0.137. The number of sulfonamides is 1. The Morgan fingerprint density at radius 3 is 2.90 bits per heavy atom. The van der Waals surface area contributed by atoms with Crippen molar-refractivity contribution in [3.05, 3.63) is 24.2 Å². The molecule has 0 aliphatic carbocycles. The van der Waals surface area contributed by atoms with Gasteiger partial charge < -0.3 is 5.11 Å². The normalized spacial score (nSPS) is 11.4. The van der Waals surface area contributed by atoms with E-state index in [1.807, 2.05) is 6.92 Å². The molecule has 3 N–H and O–H groups in total. The standard InChI is InChI=1S/C10H13N5O4S/c1-2-7-3-9(13-12-7)14-20(18,19)8-4-11-15(5-8)6-10(16)17/h3-5H,2,6H2,1H3,(H,16,17)(H2,12,13,14). The first kappa shape index (κ1) is 14.1. The third-order valence-corrected chi connectivity index (χ3v) is 3.78. The highest BCUT2D eigenvalue weighted by molar-refractivity contribution is 7.92. The number of aryl methyl sites for hydroxylation is 1. The van der Waals surface area contributed by atoms with Crippen molar-refractivity contribution in [2.24, 2.45) is 0 Å². The van der Waals surface area contributed by atoms with Crippen LogP contribution in [0.25, 0.3) is 0 Å². The predicted molar refractivity (Wildman–Crippen MR) is 68.6 cm³/mol. The Kier molecular flexibility index (Phi) is 3.74. The molecule has 108 valence electrons. The van der Waals surface area contributed by atoms with E-state index in [-0.39, 0.29) is 10.7 Å². The molecule has 0 aliphatic heterocycles. The fraction of sp³-hybridized carbons (Fsp3) is 0.300. The molecule has 0 bridgehead atoms. The Balaban J connectivity index is 2.17. The summed E-state index contributed by atoms with van der Waals surface area (Å²) in [5.74, 6) is -0.933. The SMILES string of the molecule is CCc1cc(NS(=O)(=O)c2cnn(CC(=O)O)c2)n[nH]1. The summed E-state index contributed by atoms with van der Waals surface area (Å²) in [5.41, 5.74) is 0.796. The van der Waals surface area contributed by atoms with Crippen molar-refractivity contribution in [2.45, 2.75) is 24.8 Å². The number of aromatic nitrogens is 4. The van der Waals surface area contributed by atoms with E-state index < -0.39 is 22.5 Å². The number of aliphatic carboxylic acids is 1. The second-order valence-corrected chi connectivity index (χ2v) is 5.69. The number of aromatic amines is 1. The maximum absolute atomic E-state index is 12.0. The molecule has 0 spiro atoms. The summed E-state index contributed by atoms with van der Waals surface area (Å²) in [4.78, 5) is 10.4. The van der Waals surface area contributed by atoms with Crippen molar-refractivity contribution in [2.75, 3.05) is 4.72 Å². The second kappa shape index (κ2) is 5.33. The number of nitrogens with zero attached hydrogens (tertiary/aromatic N) is 3. The predicted octanol–water partition coefficient (Wildman–Crippen LogP) is 0.0540. The zero-order chi connectivity index (χ0) is 14.8. The molecule has 0 unspecified atom stereocenters. The number of carbonyl (C=O) groups is 1. The molecule has 2 aromatic rings. The van der Waals surface area contributed by atoms with Gasteiger partial charge in [-0.05, 0) is 6.42 Å².